The zero-order chi connectivity index (χ0) is 12.0. The van der Waals surface area contributed by atoms with E-state index in [1.807, 2.05) is 32.0 Å². The number of alkyl halides is 1. The lowest BCUT2D eigenvalue weighted by Gasteiger charge is -2.26. The fourth-order valence-corrected chi connectivity index (χ4v) is 1.61. The van der Waals surface area contributed by atoms with E-state index in [2.05, 4.69) is 4.98 Å². The summed E-state index contributed by atoms with van der Waals surface area (Å²) in [4.78, 5) is 17.8. The minimum atomic E-state index is 0.0793. The third kappa shape index (κ3) is 3.81. The average Bonchev–Trinajstić information content (AvgIpc) is 2.27. The first kappa shape index (κ1) is 13.0. The molecule has 1 aromatic rings. The first-order valence-electron chi connectivity index (χ1n) is 5.40. The molecule has 0 aliphatic heterocycles. The number of pyridine rings is 1. The third-order valence-electron chi connectivity index (χ3n) is 2.31. The van der Waals surface area contributed by atoms with E-state index < -0.39 is 0 Å². The molecule has 1 aromatic heterocycles. The second-order valence-electron chi connectivity index (χ2n) is 3.88. The van der Waals surface area contributed by atoms with E-state index in [-0.39, 0.29) is 11.9 Å². The highest BCUT2D eigenvalue weighted by Gasteiger charge is 2.16. The van der Waals surface area contributed by atoms with Crippen LogP contribution in [0.25, 0.3) is 0 Å². The van der Waals surface area contributed by atoms with Crippen LogP contribution >= 0.6 is 11.6 Å². The van der Waals surface area contributed by atoms with Crippen LogP contribution in [0.15, 0.2) is 24.4 Å². The second-order valence-corrected chi connectivity index (χ2v) is 4.25. The number of aromatic nitrogens is 1. The SMILES string of the molecule is CC(C)N(Cc1ccccn1)C(=O)CCCl. The second kappa shape index (κ2) is 6.48. The molecule has 0 radical (unpaired) electrons. The van der Waals surface area contributed by atoms with Gasteiger partial charge in [0.15, 0.2) is 0 Å². The first-order valence-corrected chi connectivity index (χ1v) is 5.94. The van der Waals surface area contributed by atoms with Crippen molar-refractivity contribution in [3.05, 3.63) is 30.1 Å². The molecule has 1 amide bonds. The molecule has 0 bridgehead atoms. The topological polar surface area (TPSA) is 33.2 Å². The van der Waals surface area contributed by atoms with Gasteiger partial charge in [0.05, 0.1) is 12.2 Å². The lowest BCUT2D eigenvalue weighted by molar-refractivity contribution is -0.133. The largest absolute Gasteiger partial charge is 0.334 e. The average molecular weight is 241 g/mol. The van der Waals surface area contributed by atoms with Crippen LogP contribution in [0.4, 0.5) is 0 Å². The van der Waals surface area contributed by atoms with Gasteiger partial charge in [-0.2, -0.15) is 0 Å². The summed E-state index contributed by atoms with van der Waals surface area (Å²) in [5.74, 6) is 0.445. The Kier molecular flexibility index (Phi) is 5.26. The molecule has 0 aliphatic carbocycles. The number of carbonyl (C=O) groups excluding carboxylic acids is 1. The summed E-state index contributed by atoms with van der Waals surface area (Å²) in [6.07, 6.45) is 2.12. The summed E-state index contributed by atoms with van der Waals surface area (Å²) >= 11 is 5.59. The number of hydrogen-bond donors (Lipinski definition) is 0. The molecule has 0 unspecified atom stereocenters. The van der Waals surface area contributed by atoms with Gasteiger partial charge in [-0.1, -0.05) is 6.07 Å². The molecular weight excluding hydrogens is 224 g/mol. The van der Waals surface area contributed by atoms with Crippen molar-refractivity contribution in [1.82, 2.24) is 9.88 Å². The van der Waals surface area contributed by atoms with Crippen LogP contribution in [0, 0.1) is 0 Å². The van der Waals surface area contributed by atoms with Crippen molar-refractivity contribution in [2.75, 3.05) is 5.88 Å². The van der Waals surface area contributed by atoms with Crippen LogP contribution in [-0.2, 0) is 11.3 Å². The Balaban J connectivity index is 2.69. The summed E-state index contributed by atoms with van der Waals surface area (Å²) in [6.45, 7) is 4.54. The predicted molar refractivity (Wildman–Crippen MR) is 65.3 cm³/mol. The molecule has 0 atom stereocenters. The molecule has 0 saturated carbocycles. The van der Waals surface area contributed by atoms with Gasteiger partial charge in [-0.25, -0.2) is 0 Å². The van der Waals surface area contributed by atoms with Crippen LogP contribution in [0.1, 0.15) is 26.0 Å². The minimum absolute atomic E-state index is 0.0793. The van der Waals surface area contributed by atoms with E-state index >= 15 is 0 Å². The Morgan fingerprint density at radius 3 is 2.75 bits per heavy atom. The third-order valence-corrected chi connectivity index (χ3v) is 2.50. The number of rotatable bonds is 5. The molecule has 4 heteroatoms. The standard InChI is InChI=1S/C12H17ClN2O/c1-10(2)15(12(16)6-7-13)9-11-5-3-4-8-14-11/h3-5,8,10H,6-7,9H2,1-2H3. The summed E-state index contributed by atoms with van der Waals surface area (Å²) in [7, 11) is 0. The summed E-state index contributed by atoms with van der Waals surface area (Å²) in [6, 6.07) is 5.87. The zero-order valence-corrected chi connectivity index (χ0v) is 10.4. The molecule has 1 heterocycles. The molecular formula is C12H17ClN2O. The summed E-state index contributed by atoms with van der Waals surface area (Å²) < 4.78 is 0. The van der Waals surface area contributed by atoms with Crippen LogP contribution < -0.4 is 0 Å². The number of amides is 1. The zero-order valence-electron chi connectivity index (χ0n) is 9.69. The van der Waals surface area contributed by atoms with Crippen molar-refractivity contribution >= 4 is 17.5 Å². The molecule has 88 valence electrons. The van der Waals surface area contributed by atoms with E-state index in [1.54, 1.807) is 11.1 Å². The van der Waals surface area contributed by atoms with Crippen molar-refractivity contribution in [1.29, 1.82) is 0 Å². The fourth-order valence-electron chi connectivity index (χ4n) is 1.45. The van der Waals surface area contributed by atoms with Gasteiger partial charge < -0.3 is 4.90 Å². The molecule has 1 rings (SSSR count). The van der Waals surface area contributed by atoms with Gasteiger partial charge in [-0.15, -0.1) is 11.6 Å². The van der Waals surface area contributed by atoms with E-state index in [1.165, 1.54) is 0 Å². The molecule has 0 spiro atoms. The molecule has 0 fully saturated rings. The molecule has 16 heavy (non-hydrogen) atoms. The van der Waals surface area contributed by atoms with E-state index in [0.717, 1.165) is 5.69 Å². The monoisotopic (exact) mass is 240 g/mol. The van der Waals surface area contributed by atoms with E-state index in [4.69, 9.17) is 11.6 Å². The lowest BCUT2D eigenvalue weighted by atomic mass is 10.2. The van der Waals surface area contributed by atoms with Gasteiger partial charge in [0, 0.05) is 24.5 Å². The Bertz CT molecular complexity index is 327. The van der Waals surface area contributed by atoms with Crippen LogP contribution in [0.2, 0.25) is 0 Å². The molecule has 0 saturated heterocycles. The predicted octanol–water partition coefficient (Wildman–Crippen LogP) is 2.45. The normalized spacial score (nSPS) is 10.5. The Morgan fingerprint density at radius 1 is 1.50 bits per heavy atom. The van der Waals surface area contributed by atoms with Crippen LogP contribution in [-0.4, -0.2) is 27.7 Å². The molecule has 3 nitrogen and oxygen atoms in total. The fraction of sp³-hybridized carbons (Fsp3) is 0.500. The van der Waals surface area contributed by atoms with E-state index in [9.17, 15) is 4.79 Å². The van der Waals surface area contributed by atoms with Gasteiger partial charge in [-0.05, 0) is 26.0 Å². The Morgan fingerprint density at radius 2 is 2.25 bits per heavy atom. The van der Waals surface area contributed by atoms with Crippen molar-refractivity contribution < 1.29 is 4.79 Å². The quantitative estimate of drug-likeness (QED) is 0.741. The number of nitrogens with zero attached hydrogens (tertiary/aromatic N) is 2. The van der Waals surface area contributed by atoms with Gasteiger partial charge >= 0.3 is 0 Å². The Hall–Kier alpha value is -1.09. The van der Waals surface area contributed by atoms with Gasteiger partial charge in [0.2, 0.25) is 5.91 Å². The number of halogens is 1. The van der Waals surface area contributed by atoms with Crippen molar-refractivity contribution in [2.45, 2.75) is 32.9 Å². The highest BCUT2D eigenvalue weighted by molar-refractivity contribution is 6.18. The van der Waals surface area contributed by atoms with Crippen molar-refractivity contribution in [3.8, 4) is 0 Å². The van der Waals surface area contributed by atoms with Gasteiger partial charge in [-0.3, -0.25) is 9.78 Å². The highest BCUT2D eigenvalue weighted by Crippen LogP contribution is 2.08. The summed E-state index contributed by atoms with van der Waals surface area (Å²) in [5, 5.41) is 0. The lowest BCUT2D eigenvalue weighted by Crippen LogP contribution is -2.36. The maximum atomic E-state index is 11.8. The van der Waals surface area contributed by atoms with Crippen molar-refractivity contribution in [3.63, 3.8) is 0 Å². The maximum absolute atomic E-state index is 11.8. The number of hydrogen-bond acceptors (Lipinski definition) is 2. The highest BCUT2D eigenvalue weighted by atomic mass is 35.5. The molecule has 0 N–H and O–H groups in total. The Labute approximate surface area is 101 Å². The molecule has 0 aliphatic rings. The van der Waals surface area contributed by atoms with E-state index in [0.29, 0.717) is 18.8 Å². The molecule has 0 aromatic carbocycles. The first-order chi connectivity index (χ1) is 7.65. The van der Waals surface area contributed by atoms with Gasteiger partial charge in [0.25, 0.3) is 0 Å². The summed E-state index contributed by atoms with van der Waals surface area (Å²) in [5.41, 5.74) is 0.902. The number of carbonyl (C=O) groups is 1. The van der Waals surface area contributed by atoms with Gasteiger partial charge in [0.1, 0.15) is 0 Å². The maximum Gasteiger partial charge on any atom is 0.224 e. The van der Waals surface area contributed by atoms with Crippen LogP contribution in [0.5, 0.6) is 0 Å². The van der Waals surface area contributed by atoms with Crippen molar-refractivity contribution in [2.24, 2.45) is 0 Å². The van der Waals surface area contributed by atoms with Crippen LogP contribution in [0.3, 0.4) is 0 Å². The minimum Gasteiger partial charge on any atom is -0.334 e. The smallest absolute Gasteiger partial charge is 0.224 e.